The van der Waals surface area contributed by atoms with Gasteiger partial charge in [0.2, 0.25) is 5.91 Å². The molecular formula is C26H19N7OS. The van der Waals surface area contributed by atoms with E-state index in [0.29, 0.717) is 5.69 Å². The predicted octanol–water partition coefficient (Wildman–Crippen LogP) is 5.64. The summed E-state index contributed by atoms with van der Waals surface area (Å²) in [6, 6.07) is 14.0. The Balaban J connectivity index is 1.29. The second-order valence-corrected chi connectivity index (χ2v) is 9.62. The van der Waals surface area contributed by atoms with Gasteiger partial charge in [0.25, 0.3) is 0 Å². The number of rotatable bonds is 5. The molecular weight excluding hydrogens is 458 g/mol. The Hall–Kier alpha value is -4.37. The van der Waals surface area contributed by atoms with E-state index < -0.39 is 0 Å². The number of anilines is 1. The van der Waals surface area contributed by atoms with Crippen LogP contribution in [0, 0.1) is 5.92 Å². The van der Waals surface area contributed by atoms with Crippen LogP contribution in [0.4, 0.5) is 5.69 Å². The number of aromatic nitrogens is 6. The van der Waals surface area contributed by atoms with Gasteiger partial charge in [-0.05, 0) is 54.6 Å². The third kappa shape index (κ3) is 3.57. The molecule has 170 valence electrons. The van der Waals surface area contributed by atoms with Crippen molar-refractivity contribution in [2.75, 3.05) is 5.32 Å². The van der Waals surface area contributed by atoms with Crippen LogP contribution in [0.3, 0.4) is 0 Å². The maximum Gasteiger partial charge on any atom is 0.227 e. The van der Waals surface area contributed by atoms with E-state index in [1.54, 1.807) is 23.7 Å². The topological polar surface area (TPSA) is 112 Å². The lowest BCUT2D eigenvalue weighted by Gasteiger charge is -2.06. The molecule has 7 rings (SSSR count). The van der Waals surface area contributed by atoms with Gasteiger partial charge in [-0.25, -0.2) is 4.98 Å². The lowest BCUT2D eigenvalue weighted by molar-refractivity contribution is -0.117. The van der Waals surface area contributed by atoms with Gasteiger partial charge in [-0.15, -0.1) is 11.3 Å². The molecule has 1 fully saturated rings. The largest absolute Gasteiger partial charge is 0.353 e. The zero-order chi connectivity index (χ0) is 23.4. The van der Waals surface area contributed by atoms with Crippen molar-refractivity contribution in [1.82, 2.24) is 30.1 Å². The summed E-state index contributed by atoms with van der Waals surface area (Å²) in [5, 5.41) is 13.7. The van der Waals surface area contributed by atoms with Gasteiger partial charge in [-0.2, -0.15) is 5.10 Å². The number of pyridine rings is 3. The van der Waals surface area contributed by atoms with Gasteiger partial charge in [-0.3, -0.25) is 19.9 Å². The number of carbonyl (C=O) groups is 1. The Morgan fingerprint density at radius 2 is 2.00 bits per heavy atom. The number of hydrogen-bond acceptors (Lipinski definition) is 6. The van der Waals surface area contributed by atoms with Crippen molar-refractivity contribution < 1.29 is 4.79 Å². The highest BCUT2D eigenvalue weighted by atomic mass is 32.1. The molecule has 6 heterocycles. The standard InChI is InChI=1S/C26H19N7OS/c34-26(14-3-4-14)29-16-10-15(12-27-13-16)18-5-6-20-24(31-18)25(33-32-20)21-11-17-19(30-21)7-8-28-23(17)22-2-1-9-35-22/h1-2,5-14,30H,3-4H2,(H,29,34)(H,32,33). The molecule has 0 saturated heterocycles. The summed E-state index contributed by atoms with van der Waals surface area (Å²) in [5.41, 5.74) is 7.40. The van der Waals surface area contributed by atoms with Crippen molar-refractivity contribution in [2.45, 2.75) is 12.8 Å². The molecule has 0 unspecified atom stereocenters. The number of H-pyrrole nitrogens is 2. The molecule has 0 spiro atoms. The average molecular weight is 478 g/mol. The van der Waals surface area contributed by atoms with Gasteiger partial charge >= 0.3 is 0 Å². The van der Waals surface area contributed by atoms with Crippen molar-refractivity contribution in [3.63, 3.8) is 0 Å². The van der Waals surface area contributed by atoms with Crippen molar-refractivity contribution >= 4 is 44.9 Å². The van der Waals surface area contributed by atoms with E-state index in [2.05, 4.69) is 48.0 Å². The van der Waals surface area contributed by atoms with Crippen LogP contribution in [-0.2, 0) is 4.79 Å². The van der Waals surface area contributed by atoms with Gasteiger partial charge in [-0.1, -0.05) is 6.07 Å². The summed E-state index contributed by atoms with van der Waals surface area (Å²) >= 11 is 1.67. The summed E-state index contributed by atoms with van der Waals surface area (Å²) in [6.45, 7) is 0. The Bertz CT molecular complexity index is 1710. The van der Waals surface area contributed by atoms with Crippen molar-refractivity contribution in [1.29, 1.82) is 0 Å². The molecule has 35 heavy (non-hydrogen) atoms. The highest BCUT2D eigenvalue weighted by Crippen LogP contribution is 2.35. The first-order chi connectivity index (χ1) is 17.2. The van der Waals surface area contributed by atoms with E-state index >= 15 is 0 Å². The maximum atomic E-state index is 12.2. The number of nitrogens with one attached hydrogen (secondary N) is 3. The summed E-state index contributed by atoms with van der Waals surface area (Å²) in [6.07, 6.45) is 7.15. The third-order valence-electron chi connectivity index (χ3n) is 6.22. The van der Waals surface area contributed by atoms with E-state index in [-0.39, 0.29) is 11.8 Å². The molecule has 8 nitrogen and oxygen atoms in total. The Morgan fingerprint density at radius 3 is 2.86 bits per heavy atom. The van der Waals surface area contributed by atoms with Crippen molar-refractivity contribution in [3.05, 3.63) is 66.4 Å². The van der Waals surface area contributed by atoms with Gasteiger partial charge in [0.1, 0.15) is 11.2 Å². The number of aromatic amines is 2. The molecule has 6 aromatic rings. The number of thiophene rings is 1. The van der Waals surface area contributed by atoms with Crippen LogP contribution in [0.1, 0.15) is 12.8 Å². The number of carbonyl (C=O) groups excluding carboxylic acids is 1. The van der Waals surface area contributed by atoms with Gasteiger partial charge in [0.15, 0.2) is 0 Å². The summed E-state index contributed by atoms with van der Waals surface area (Å²) < 4.78 is 0. The quantitative estimate of drug-likeness (QED) is 0.297. The number of fused-ring (bicyclic) bond motifs is 2. The van der Waals surface area contributed by atoms with Crippen LogP contribution in [-0.4, -0.2) is 36.0 Å². The number of hydrogen-bond donors (Lipinski definition) is 3. The first-order valence-electron chi connectivity index (χ1n) is 11.4. The molecule has 9 heteroatoms. The Labute approximate surface area is 203 Å². The van der Waals surface area contributed by atoms with Crippen LogP contribution >= 0.6 is 11.3 Å². The fourth-order valence-electron chi connectivity index (χ4n) is 4.28. The van der Waals surface area contributed by atoms with Crippen LogP contribution in [0.2, 0.25) is 0 Å². The van der Waals surface area contributed by atoms with Crippen LogP contribution < -0.4 is 5.32 Å². The van der Waals surface area contributed by atoms with E-state index in [1.165, 1.54) is 0 Å². The minimum Gasteiger partial charge on any atom is -0.353 e. The first-order valence-corrected chi connectivity index (χ1v) is 12.2. The highest BCUT2D eigenvalue weighted by Gasteiger charge is 2.29. The zero-order valence-electron chi connectivity index (χ0n) is 18.4. The minimum absolute atomic E-state index is 0.0553. The maximum absolute atomic E-state index is 12.2. The number of nitrogens with zero attached hydrogens (tertiary/aromatic N) is 4. The first kappa shape index (κ1) is 20.0. The zero-order valence-corrected chi connectivity index (χ0v) is 19.3. The smallest absolute Gasteiger partial charge is 0.227 e. The fraction of sp³-hybridized carbons (Fsp3) is 0.115. The molecule has 6 aromatic heterocycles. The summed E-state index contributed by atoms with van der Waals surface area (Å²) in [5.74, 6) is 0.188. The third-order valence-corrected chi connectivity index (χ3v) is 7.09. The van der Waals surface area contributed by atoms with Crippen LogP contribution in [0.25, 0.3) is 55.2 Å². The SMILES string of the molecule is O=C(Nc1cncc(-c2ccc3[nH]nc(-c4cc5c(-c6cccs6)nccc5[nH]4)c3n2)c1)C1CC1. The minimum atomic E-state index is 0.0553. The molecule has 0 aliphatic heterocycles. The molecule has 3 N–H and O–H groups in total. The van der Waals surface area contributed by atoms with E-state index in [4.69, 9.17) is 4.98 Å². The van der Waals surface area contributed by atoms with Crippen molar-refractivity contribution in [2.24, 2.45) is 5.92 Å². The second kappa shape index (κ2) is 7.85. The van der Waals surface area contributed by atoms with E-state index in [1.807, 2.05) is 36.5 Å². The predicted molar refractivity (Wildman–Crippen MR) is 137 cm³/mol. The fourth-order valence-corrected chi connectivity index (χ4v) is 5.01. The Morgan fingerprint density at radius 1 is 1.06 bits per heavy atom. The molecule has 1 aliphatic rings. The van der Waals surface area contributed by atoms with Gasteiger partial charge in [0.05, 0.1) is 39.4 Å². The van der Waals surface area contributed by atoms with Gasteiger partial charge < -0.3 is 10.3 Å². The van der Waals surface area contributed by atoms with E-state index in [0.717, 1.165) is 68.0 Å². The van der Waals surface area contributed by atoms with Crippen molar-refractivity contribution in [3.8, 4) is 33.2 Å². The van der Waals surface area contributed by atoms with Gasteiger partial charge in [0, 0.05) is 34.8 Å². The molecule has 1 amide bonds. The van der Waals surface area contributed by atoms with Crippen LogP contribution in [0.15, 0.2) is 66.4 Å². The summed E-state index contributed by atoms with van der Waals surface area (Å²) in [7, 11) is 0. The lowest BCUT2D eigenvalue weighted by Crippen LogP contribution is -2.13. The Kier molecular flexibility index (Phi) is 4.49. The molecule has 1 saturated carbocycles. The highest BCUT2D eigenvalue weighted by molar-refractivity contribution is 7.13. The molecule has 0 bridgehead atoms. The normalized spacial score (nSPS) is 13.5. The van der Waals surface area contributed by atoms with E-state index in [9.17, 15) is 4.79 Å². The van der Waals surface area contributed by atoms with Crippen LogP contribution in [0.5, 0.6) is 0 Å². The summed E-state index contributed by atoms with van der Waals surface area (Å²) in [4.78, 5) is 30.6. The molecule has 0 radical (unpaired) electrons. The molecule has 0 aromatic carbocycles. The average Bonchev–Trinajstić information content (AvgIpc) is 3.26. The second-order valence-electron chi connectivity index (χ2n) is 8.67. The number of amides is 1. The monoisotopic (exact) mass is 477 g/mol. The lowest BCUT2D eigenvalue weighted by atomic mass is 10.1. The molecule has 1 aliphatic carbocycles. The molecule has 0 atom stereocenters.